The zero-order valence-electron chi connectivity index (χ0n) is 11.6. The minimum atomic E-state index is -1.04. The lowest BCUT2D eigenvalue weighted by molar-refractivity contribution is -0.142. The number of carbonyl (C=O) groups is 2. The average Bonchev–Trinajstić information content (AvgIpc) is 2.45. The quantitative estimate of drug-likeness (QED) is 0.753. The standard InChI is InChI=1S/C14H19NO5/c1-3-4-12(14(17)18)15-13(16)9-20-11-7-5-10(19-2)6-8-11/h5-8,12H,3-4,9H2,1-2H3,(H,15,16)(H,17,18)/t12-/m0/s1. The number of nitrogens with one attached hydrogen (secondary N) is 1. The molecule has 0 spiro atoms. The van der Waals surface area contributed by atoms with Crippen molar-refractivity contribution in [3.05, 3.63) is 24.3 Å². The van der Waals surface area contributed by atoms with E-state index in [1.54, 1.807) is 31.4 Å². The van der Waals surface area contributed by atoms with Gasteiger partial charge in [0.05, 0.1) is 7.11 Å². The zero-order chi connectivity index (χ0) is 15.0. The predicted octanol–water partition coefficient (Wildman–Crippen LogP) is 1.44. The number of amides is 1. The van der Waals surface area contributed by atoms with Gasteiger partial charge in [-0.1, -0.05) is 13.3 Å². The molecule has 0 unspecified atom stereocenters. The largest absolute Gasteiger partial charge is 0.497 e. The Bertz CT molecular complexity index is 443. The molecule has 1 aromatic carbocycles. The van der Waals surface area contributed by atoms with E-state index >= 15 is 0 Å². The topological polar surface area (TPSA) is 84.9 Å². The third-order valence-electron chi connectivity index (χ3n) is 2.64. The van der Waals surface area contributed by atoms with E-state index in [9.17, 15) is 9.59 Å². The molecule has 1 rings (SSSR count). The molecule has 1 amide bonds. The second kappa shape index (κ2) is 8.04. The van der Waals surface area contributed by atoms with Crippen LogP contribution in [0.3, 0.4) is 0 Å². The molecule has 0 radical (unpaired) electrons. The van der Waals surface area contributed by atoms with Crippen molar-refractivity contribution in [3.63, 3.8) is 0 Å². The average molecular weight is 281 g/mol. The number of carbonyl (C=O) groups excluding carboxylic acids is 1. The van der Waals surface area contributed by atoms with E-state index in [0.717, 1.165) is 0 Å². The molecule has 6 nitrogen and oxygen atoms in total. The number of rotatable bonds is 8. The molecule has 0 bridgehead atoms. The van der Waals surface area contributed by atoms with Gasteiger partial charge >= 0.3 is 5.97 Å². The molecular weight excluding hydrogens is 262 g/mol. The molecule has 2 N–H and O–H groups in total. The van der Waals surface area contributed by atoms with Gasteiger partial charge in [0, 0.05) is 0 Å². The van der Waals surface area contributed by atoms with Gasteiger partial charge in [-0.2, -0.15) is 0 Å². The molecule has 0 heterocycles. The SMILES string of the molecule is CCC[C@H](NC(=O)COc1ccc(OC)cc1)C(=O)O. The van der Waals surface area contributed by atoms with Crippen LogP contribution in [-0.4, -0.2) is 36.7 Å². The first kappa shape index (κ1) is 15.8. The van der Waals surface area contributed by atoms with Crippen molar-refractivity contribution in [2.75, 3.05) is 13.7 Å². The summed E-state index contributed by atoms with van der Waals surface area (Å²) in [6.45, 7) is 1.63. The first-order chi connectivity index (χ1) is 9.56. The minimum Gasteiger partial charge on any atom is -0.497 e. The highest BCUT2D eigenvalue weighted by atomic mass is 16.5. The Hall–Kier alpha value is -2.24. The van der Waals surface area contributed by atoms with Gasteiger partial charge in [-0.3, -0.25) is 4.79 Å². The highest BCUT2D eigenvalue weighted by Gasteiger charge is 2.18. The summed E-state index contributed by atoms with van der Waals surface area (Å²) >= 11 is 0. The van der Waals surface area contributed by atoms with Crippen LogP contribution in [0.5, 0.6) is 11.5 Å². The van der Waals surface area contributed by atoms with Crippen LogP contribution in [0.15, 0.2) is 24.3 Å². The summed E-state index contributed by atoms with van der Waals surface area (Å²) in [5.41, 5.74) is 0. The van der Waals surface area contributed by atoms with E-state index in [4.69, 9.17) is 14.6 Å². The molecule has 0 aliphatic carbocycles. The van der Waals surface area contributed by atoms with Crippen LogP contribution in [-0.2, 0) is 9.59 Å². The first-order valence-corrected chi connectivity index (χ1v) is 6.35. The van der Waals surface area contributed by atoms with Crippen molar-refractivity contribution in [1.82, 2.24) is 5.32 Å². The second-order valence-corrected chi connectivity index (χ2v) is 4.21. The summed E-state index contributed by atoms with van der Waals surface area (Å²) in [7, 11) is 1.56. The number of hydrogen-bond donors (Lipinski definition) is 2. The lowest BCUT2D eigenvalue weighted by Crippen LogP contribution is -2.42. The van der Waals surface area contributed by atoms with Gasteiger partial charge in [-0.15, -0.1) is 0 Å². The van der Waals surface area contributed by atoms with E-state index in [2.05, 4.69) is 5.32 Å². The van der Waals surface area contributed by atoms with E-state index < -0.39 is 17.9 Å². The van der Waals surface area contributed by atoms with Crippen LogP contribution in [0, 0.1) is 0 Å². The normalized spacial score (nSPS) is 11.5. The molecule has 0 saturated carbocycles. The number of hydrogen-bond acceptors (Lipinski definition) is 4. The number of methoxy groups -OCH3 is 1. The van der Waals surface area contributed by atoms with Crippen molar-refractivity contribution >= 4 is 11.9 Å². The van der Waals surface area contributed by atoms with Crippen molar-refractivity contribution in [1.29, 1.82) is 0 Å². The summed E-state index contributed by atoms with van der Waals surface area (Å²) in [6, 6.07) is 5.90. The molecular formula is C14H19NO5. The zero-order valence-corrected chi connectivity index (χ0v) is 11.6. The summed E-state index contributed by atoms with van der Waals surface area (Å²) in [5.74, 6) is -0.287. The Kier molecular flexibility index (Phi) is 6.36. The molecule has 1 aromatic rings. The lowest BCUT2D eigenvalue weighted by Gasteiger charge is -2.14. The number of aliphatic carboxylic acids is 1. The van der Waals surface area contributed by atoms with Gasteiger partial charge in [-0.05, 0) is 30.7 Å². The molecule has 110 valence electrons. The van der Waals surface area contributed by atoms with E-state index in [0.29, 0.717) is 24.3 Å². The fourth-order valence-electron chi connectivity index (χ4n) is 1.60. The summed E-state index contributed by atoms with van der Waals surface area (Å²) in [5, 5.41) is 11.3. The maximum atomic E-state index is 11.6. The lowest BCUT2D eigenvalue weighted by atomic mass is 10.2. The summed E-state index contributed by atoms with van der Waals surface area (Å²) in [6.07, 6.45) is 1.07. The number of benzene rings is 1. The molecule has 0 saturated heterocycles. The third-order valence-corrected chi connectivity index (χ3v) is 2.64. The maximum Gasteiger partial charge on any atom is 0.326 e. The molecule has 0 aliphatic rings. The highest BCUT2D eigenvalue weighted by Crippen LogP contribution is 2.16. The smallest absolute Gasteiger partial charge is 0.326 e. The van der Waals surface area contributed by atoms with Crippen LogP contribution in [0.25, 0.3) is 0 Å². The Labute approximate surface area is 117 Å². The fourth-order valence-corrected chi connectivity index (χ4v) is 1.60. The molecule has 0 aliphatic heterocycles. The molecule has 0 fully saturated rings. The molecule has 1 atom stereocenters. The second-order valence-electron chi connectivity index (χ2n) is 4.21. The summed E-state index contributed by atoms with van der Waals surface area (Å²) < 4.78 is 10.3. The van der Waals surface area contributed by atoms with Gasteiger partial charge in [-0.25, -0.2) is 4.79 Å². The van der Waals surface area contributed by atoms with Gasteiger partial charge in [0.2, 0.25) is 0 Å². The first-order valence-electron chi connectivity index (χ1n) is 6.35. The van der Waals surface area contributed by atoms with Crippen molar-refractivity contribution in [2.45, 2.75) is 25.8 Å². The Balaban J connectivity index is 2.43. The predicted molar refractivity (Wildman–Crippen MR) is 73.0 cm³/mol. The van der Waals surface area contributed by atoms with Crippen LogP contribution >= 0.6 is 0 Å². The summed E-state index contributed by atoms with van der Waals surface area (Å²) in [4.78, 5) is 22.5. The van der Waals surface area contributed by atoms with Gasteiger partial charge in [0.15, 0.2) is 6.61 Å². The van der Waals surface area contributed by atoms with Crippen LogP contribution < -0.4 is 14.8 Å². The van der Waals surface area contributed by atoms with Crippen LogP contribution in [0.2, 0.25) is 0 Å². The third kappa shape index (κ3) is 5.17. The Morgan fingerprint density at radius 1 is 1.25 bits per heavy atom. The number of carboxylic acid groups (broad SMARTS) is 1. The van der Waals surface area contributed by atoms with Crippen LogP contribution in [0.4, 0.5) is 0 Å². The minimum absolute atomic E-state index is 0.222. The Morgan fingerprint density at radius 3 is 2.35 bits per heavy atom. The van der Waals surface area contributed by atoms with Crippen molar-refractivity contribution in [3.8, 4) is 11.5 Å². The fraction of sp³-hybridized carbons (Fsp3) is 0.429. The Morgan fingerprint density at radius 2 is 1.85 bits per heavy atom. The van der Waals surface area contributed by atoms with Gasteiger partial charge in [0.1, 0.15) is 17.5 Å². The van der Waals surface area contributed by atoms with Crippen molar-refractivity contribution in [2.24, 2.45) is 0 Å². The van der Waals surface area contributed by atoms with Gasteiger partial charge in [0.25, 0.3) is 5.91 Å². The number of ether oxygens (including phenoxy) is 2. The molecule has 0 aromatic heterocycles. The van der Waals surface area contributed by atoms with E-state index in [1.165, 1.54) is 0 Å². The van der Waals surface area contributed by atoms with E-state index in [-0.39, 0.29) is 6.61 Å². The van der Waals surface area contributed by atoms with Gasteiger partial charge < -0.3 is 19.9 Å². The molecule has 6 heteroatoms. The monoisotopic (exact) mass is 281 g/mol. The van der Waals surface area contributed by atoms with Crippen LogP contribution in [0.1, 0.15) is 19.8 Å². The van der Waals surface area contributed by atoms with Crippen molar-refractivity contribution < 1.29 is 24.2 Å². The maximum absolute atomic E-state index is 11.6. The number of carboxylic acids is 1. The molecule has 20 heavy (non-hydrogen) atoms. The van der Waals surface area contributed by atoms with E-state index in [1.807, 2.05) is 6.92 Å². The highest BCUT2D eigenvalue weighted by molar-refractivity contribution is 5.84.